The van der Waals surface area contributed by atoms with Crippen molar-refractivity contribution in [3.05, 3.63) is 0 Å². The highest BCUT2D eigenvalue weighted by Gasteiger charge is 2.06. The van der Waals surface area contributed by atoms with Crippen LogP contribution in [-0.4, -0.2) is 31.6 Å². The highest BCUT2D eigenvalue weighted by atomic mass is 15.1. The van der Waals surface area contributed by atoms with E-state index in [0.717, 1.165) is 6.54 Å². The number of rotatable bonds is 5. The minimum atomic E-state index is 0.583. The van der Waals surface area contributed by atoms with Crippen molar-refractivity contribution in [3.8, 4) is 0 Å². The van der Waals surface area contributed by atoms with Gasteiger partial charge < -0.3 is 10.6 Å². The molecule has 0 saturated heterocycles. The van der Waals surface area contributed by atoms with Gasteiger partial charge in [0, 0.05) is 12.6 Å². The van der Waals surface area contributed by atoms with Crippen LogP contribution in [0.4, 0.5) is 0 Å². The third-order valence-corrected chi connectivity index (χ3v) is 1.89. The second-order valence-corrected chi connectivity index (χ2v) is 3.00. The third kappa shape index (κ3) is 3.85. The quantitative estimate of drug-likeness (QED) is 0.625. The van der Waals surface area contributed by atoms with Crippen LogP contribution in [0, 0.1) is 0 Å². The van der Waals surface area contributed by atoms with Crippen molar-refractivity contribution in [2.75, 3.05) is 20.6 Å². The molecule has 0 aromatic carbocycles. The van der Waals surface area contributed by atoms with Gasteiger partial charge in [-0.1, -0.05) is 19.8 Å². The average molecular weight is 144 g/mol. The van der Waals surface area contributed by atoms with Crippen molar-refractivity contribution < 1.29 is 0 Å². The molecule has 0 aromatic rings. The fourth-order valence-electron chi connectivity index (χ4n) is 1.03. The summed E-state index contributed by atoms with van der Waals surface area (Å²) >= 11 is 0. The van der Waals surface area contributed by atoms with Gasteiger partial charge in [-0.3, -0.25) is 0 Å². The Morgan fingerprint density at radius 1 is 1.40 bits per heavy atom. The lowest BCUT2D eigenvalue weighted by Gasteiger charge is -2.21. The average Bonchev–Trinajstić information content (AvgIpc) is 1.89. The lowest BCUT2D eigenvalue weighted by molar-refractivity contribution is 0.279. The topological polar surface area (TPSA) is 29.3 Å². The highest BCUT2D eigenvalue weighted by molar-refractivity contribution is 4.65. The van der Waals surface area contributed by atoms with Crippen molar-refractivity contribution in [2.45, 2.75) is 32.2 Å². The monoisotopic (exact) mass is 144 g/mol. The molecule has 0 radical (unpaired) electrons. The molecule has 2 nitrogen and oxygen atoms in total. The van der Waals surface area contributed by atoms with Crippen LogP contribution in [0.3, 0.4) is 0 Å². The Morgan fingerprint density at radius 2 is 2.00 bits per heavy atom. The molecular weight excluding hydrogens is 124 g/mol. The highest BCUT2D eigenvalue weighted by Crippen LogP contribution is 2.03. The molecule has 0 rings (SSSR count). The fraction of sp³-hybridized carbons (Fsp3) is 1.00. The van der Waals surface area contributed by atoms with Crippen LogP contribution >= 0.6 is 0 Å². The normalized spacial score (nSPS) is 14.1. The van der Waals surface area contributed by atoms with E-state index in [1.54, 1.807) is 0 Å². The van der Waals surface area contributed by atoms with Gasteiger partial charge in [0.2, 0.25) is 0 Å². The van der Waals surface area contributed by atoms with Crippen LogP contribution in [0.15, 0.2) is 0 Å². The summed E-state index contributed by atoms with van der Waals surface area (Å²) in [6.07, 6.45) is 3.80. The van der Waals surface area contributed by atoms with E-state index < -0.39 is 0 Å². The summed E-state index contributed by atoms with van der Waals surface area (Å²) in [5.74, 6) is 0. The predicted octanol–water partition coefficient (Wildman–Crippen LogP) is 1.07. The van der Waals surface area contributed by atoms with E-state index in [-0.39, 0.29) is 0 Å². The summed E-state index contributed by atoms with van der Waals surface area (Å²) < 4.78 is 0. The van der Waals surface area contributed by atoms with Crippen LogP contribution in [0.25, 0.3) is 0 Å². The van der Waals surface area contributed by atoms with Crippen LogP contribution < -0.4 is 5.73 Å². The Balaban J connectivity index is 3.40. The third-order valence-electron chi connectivity index (χ3n) is 1.89. The zero-order valence-electron chi connectivity index (χ0n) is 7.43. The maximum atomic E-state index is 5.57. The standard InChI is InChI=1S/C8H20N2/c1-4-5-6-8(7-9)10(2)3/h8H,4-7,9H2,1-3H3/t8-/m0/s1. The molecular formula is C8H20N2. The number of nitrogens with zero attached hydrogens (tertiary/aromatic N) is 1. The minimum Gasteiger partial charge on any atom is -0.329 e. The number of nitrogens with two attached hydrogens (primary N) is 1. The van der Waals surface area contributed by atoms with Gasteiger partial charge in [0.05, 0.1) is 0 Å². The number of unbranched alkanes of at least 4 members (excludes halogenated alkanes) is 1. The largest absolute Gasteiger partial charge is 0.329 e. The molecule has 0 saturated carbocycles. The maximum Gasteiger partial charge on any atom is 0.0212 e. The lowest BCUT2D eigenvalue weighted by atomic mass is 10.1. The van der Waals surface area contributed by atoms with Crippen molar-refractivity contribution in [1.29, 1.82) is 0 Å². The van der Waals surface area contributed by atoms with Gasteiger partial charge in [-0.25, -0.2) is 0 Å². The van der Waals surface area contributed by atoms with Gasteiger partial charge in [-0.2, -0.15) is 0 Å². The van der Waals surface area contributed by atoms with Gasteiger partial charge >= 0.3 is 0 Å². The van der Waals surface area contributed by atoms with Crippen molar-refractivity contribution in [3.63, 3.8) is 0 Å². The first-order valence-electron chi connectivity index (χ1n) is 4.08. The molecule has 0 unspecified atom stereocenters. The summed E-state index contributed by atoms with van der Waals surface area (Å²) in [5.41, 5.74) is 5.57. The van der Waals surface area contributed by atoms with Crippen LogP contribution in [0.1, 0.15) is 26.2 Å². The molecule has 0 bridgehead atoms. The fourth-order valence-corrected chi connectivity index (χ4v) is 1.03. The first-order valence-corrected chi connectivity index (χ1v) is 4.08. The molecule has 10 heavy (non-hydrogen) atoms. The molecule has 2 N–H and O–H groups in total. The summed E-state index contributed by atoms with van der Waals surface area (Å²) in [7, 11) is 4.18. The Kier molecular flexibility index (Phi) is 5.64. The minimum absolute atomic E-state index is 0.583. The first-order chi connectivity index (χ1) is 4.72. The molecule has 0 amide bonds. The summed E-state index contributed by atoms with van der Waals surface area (Å²) in [6.45, 7) is 3.00. The predicted molar refractivity (Wildman–Crippen MR) is 46.1 cm³/mol. The maximum absolute atomic E-state index is 5.57. The molecule has 2 heteroatoms. The van der Waals surface area contributed by atoms with Gasteiger partial charge in [0.25, 0.3) is 0 Å². The van der Waals surface area contributed by atoms with Crippen LogP contribution in [0.2, 0.25) is 0 Å². The molecule has 0 aliphatic rings. The van der Waals surface area contributed by atoms with Gasteiger partial charge in [0.15, 0.2) is 0 Å². The van der Waals surface area contributed by atoms with Gasteiger partial charge in [-0.05, 0) is 20.5 Å². The molecule has 0 fully saturated rings. The number of likely N-dealkylation sites (N-methyl/N-ethyl adjacent to an activating group) is 1. The SMILES string of the molecule is CCCC[C@@H](CN)N(C)C. The molecule has 0 heterocycles. The van der Waals surface area contributed by atoms with E-state index >= 15 is 0 Å². The van der Waals surface area contributed by atoms with Gasteiger partial charge in [-0.15, -0.1) is 0 Å². The van der Waals surface area contributed by atoms with E-state index in [1.165, 1.54) is 19.3 Å². The van der Waals surface area contributed by atoms with Crippen molar-refractivity contribution in [1.82, 2.24) is 4.90 Å². The number of hydrogen-bond acceptors (Lipinski definition) is 2. The zero-order valence-corrected chi connectivity index (χ0v) is 7.43. The van der Waals surface area contributed by atoms with Crippen molar-refractivity contribution in [2.24, 2.45) is 5.73 Å². The molecule has 1 atom stereocenters. The smallest absolute Gasteiger partial charge is 0.0212 e. The first kappa shape index (κ1) is 9.92. The number of hydrogen-bond donors (Lipinski definition) is 1. The molecule has 62 valence electrons. The van der Waals surface area contributed by atoms with Crippen molar-refractivity contribution >= 4 is 0 Å². The second-order valence-electron chi connectivity index (χ2n) is 3.00. The summed E-state index contributed by atoms with van der Waals surface area (Å²) in [6, 6.07) is 0.583. The van der Waals surface area contributed by atoms with Gasteiger partial charge in [0.1, 0.15) is 0 Å². The Labute approximate surface area is 64.4 Å². The van der Waals surface area contributed by atoms with E-state index in [9.17, 15) is 0 Å². The Hall–Kier alpha value is -0.0800. The van der Waals surface area contributed by atoms with E-state index in [0.29, 0.717) is 6.04 Å². The second kappa shape index (κ2) is 5.69. The molecule has 0 spiro atoms. The molecule has 0 aromatic heterocycles. The lowest BCUT2D eigenvalue weighted by Crippen LogP contribution is -2.34. The summed E-state index contributed by atoms with van der Waals surface area (Å²) in [5, 5.41) is 0. The Morgan fingerprint density at radius 3 is 2.30 bits per heavy atom. The molecule has 0 aliphatic carbocycles. The van der Waals surface area contributed by atoms with Crippen LogP contribution in [0.5, 0.6) is 0 Å². The van der Waals surface area contributed by atoms with E-state index in [2.05, 4.69) is 25.9 Å². The summed E-state index contributed by atoms with van der Waals surface area (Å²) in [4.78, 5) is 2.20. The van der Waals surface area contributed by atoms with E-state index in [4.69, 9.17) is 5.73 Å². The molecule has 0 aliphatic heterocycles. The Bertz CT molecular complexity index is 71.7. The van der Waals surface area contributed by atoms with E-state index in [1.807, 2.05) is 0 Å². The zero-order chi connectivity index (χ0) is 7.98. The van der Waals surface area contributed by atoms with Crippen LogP contribution in [-0.2, 0) is 0 Å².